The van der Waals surface area contributed by atoms with Crippen LogP contribution in [-0.4, -0.2) is 56.8 Å². The molecule has 1 fully saturated rings. The van der Waals surface area contributed by atoms with Gasteiger partial charge in [-0.3, -0.25) is 9.78 Å². The fourth-order valence-electron chi connectivity index (χ4n) is 4.15. The fraction of sp³-hybridized carbons (Fsp3) is 0.348. The molecule has 0 radical (unpaired) electrons. The minimum absolute atomic E-state index is 0.121. The first-order chi connectivity index (χ1) is 19.0. The van der Waals surface area contributed by atoms with E-state index in [1.54, 1.807) is 0 Å². The zero-order valence-electron chi connectivity index (χ0n) is 20.6. The molecule has 1 saturated heterocycles. The molecule has 1 amide bonds. The monoisotopic (exact) mass is 626 g/mol. The summed E-state index contributed by atoms with van der Waals surface area (Å²) < 4.78 is 121. The Balaban J connectivity index is 1.61. The highest BCUT2D eigenvalue weighted by Crippen LogP contribution is 2.35. The van der Waals surface area contributed by atoms with Crippen molar-refractivity contribution < 1.29 is 43.9 Å². The van der Waals surface area contributed by atoms with Crippen molar-refractivity contribution in [2.75, 3.05) is 0 Å². The van der Waals surface area contributed by atoms with E-state index < -0.39 is 81.5 Å². The predicted molar refractivity (Wildman–Crippen MR) is 128 cm³/mol. The van der Waals surface area contributed by atoms with Gasteiger partial charge in [-0.25, -0.2) is 27.8 Å². The van der Waals surface area contributed by atoms with Crippen molar-refractivity contribution in [3.05, 3.63) is 65.0 Å². The molecule has 0 bridgehead atoms. The molecule has 0 aliphatic carbocycles. The van der Waals surface area contributed by atoms with Gasteiger partial charge in [-0.2, -0.15) is 30.6 Å². The Morgan fingerprint density at radius 1 is 1.02 bits per heavy atom. The van der Waals surface area contributed by atoms with Crippen LogP contribution in [0.4, 0.5) is 30.7 Å². The third-order valence-electron chi connectivity index (χ3n) is 6.17. The number of rotatable bonds is 6. The van der Waals surface area contributed by atoms with Crippen LogP contribution in [0.2, 0.25) is 5.02 Å². The number of nitrogens with zero attached hydrogens (tertiary/aromatic N) is 5. The lowest BCUT2D eigenvalue weighted by atomic mass is 10.1. The Morgan fingerprint density at radius 3 is 2.24 bits per heavy atom. The highest BCUT2D eigenvalue weighted by Gasteiger charge is 2.49. The average Bonchev–Trinajstić information content (AvgIpc) is 3.21. The van der Waals surface area contributed by atoms with Crippen LogP contribution in [0.25, 0.3) is 11.3 Å². The molecule has 220 valence electrons. The van der Waals surface area contributed by atoms with Crippen molar-refractivity contribution >= 4 is 27.5 Å². The second kappa shape index (κ2) is 11.1. The molecular formula is C23H18ClF7N6O3S. The molecule has 9 nitrogen and oxygen atoms in total. The molecule has 41 heavy (non-hydrogen) atoms. The SMILES string of the molecule is C[C@H]1[C@H](F)C[C@@H](C(=O)NCc2cc(-c3cnc(C(F)(F)F)nc3)ncc2C(F)(F)F)N1S(=O)(=O)c1ccc(Cl)cn1. The Labute approximate surface area is 232 Å². The first-order valence-corrected chi connectivity index (χ1v) is 13.3. The van der Waals surface area contributed by atoms with Crippen molar-refractivity contribution in [1.82, 2.24) is 29.6 Å². The highest BCUT2D eigenvalue weighted by molar-refractivity contribution is 7.89. The summed E-state index contributed by atoms with van der Waals surface area (Å²) in [5.74, 6) is -2.55. The number of amides is 1. The summed E-state index contributed by atoms with van der Waals surface area (Å²) in [7, 11) is -4.52. The van der Waals surface area contributed by atoms with Crippen molar-refractivity contribution in [2.24, 2.45) is 0 Å². The van der Waals surface area contributed by atoms with Crippen molar-refractivity contribution in [1.29, 1.82) is 0 Å². The van der Waals surface area contributed by atoms with E-state index in [2.05, 4.69) is 25.3 Å². The van der Waals surface area contributed by atoms with Crippen LogP contribution in [0.3, 0.4) is 0 Å². The summed E-state index contributed by atoms with van der Waals surface area (Å²) >= 11 is 5.74. The van der Waals surface area contributed by atoms with E-state index in [1.165, 1.54) is 13.0 Å². The predicted octanol–water partition coefficient (Wildman–Crippen LogP) is 4.43. The molecule has 4 rings (SSSR count). The number of hydrogen-bond donors (Lipinski definition) is 1. The summed E-state index contributed by atoms with van der Waals surface area (Å²) in [5, 5.41) is 1.81. The Bertz CT molecular complexity index is 1540. The van der Waals surface area contributed by atoms with Crippen molar-refractivity contribution in [3.63, 3.8) is 0 Å². The van der Waals surface area contributed by atoms with Crippen molar-refractivity contribution in [2.45, 2.75) is 55.5 Å². The van der Waals surface area contributed by atoms with Gasteiger partial charge in [-0.15, -0.1) is 0 Å². The molecule has 18 heteroatoms. The zero-order chi connectivity index (χ0) is 30.3. The van der Waals surface area contributed by atoms with Crippen LogP contribution >= 0.6 is 11.6 Å². The first-order valence-electron chi connectivity index (χ1n) is 11.5. The molecule has 3 aromatic heterocycles. The van der Waals surface area contributed by atoms with Crippen LogP contribution < -0.4 is 5.32 Å². The maximum Gasteiger partial charge on any atom is 0.451 e. The van der Waals surface area contributed by atoms with E-state index in [9.17, 15) is 43.9 Å². The summed E-state index contributed by atoms with van der Waals surface area (Å²) in [5.41, 5.74) is -2.19. The smallest absolute Gasteiger partial charge is 0.351 e. The van der Waals surface area contributed by atoms with Crippen LogP contribution in [0.15, 0.2) is 48.0 Å². The number of nitrogens with one attached hydrogen (secondary N) is 1. The van der Waals surface area contributed by atoms with Gasteiger partial charge < -0.3 is 5.32 Å². The molecule has 0 saturated carbocycles. The molecule has 3 atom stereocenters. The minimum atomic E-state index is -4.94. The number of hydrogen-bond acceptors (Lipinski definition) is 7. The zero-order valence-corrected chi connectivity index (χ0v) is 22.2. The van der Waals surface area contributed by atoms with E-state index in [0.717, 1.165) is 30.7 Å². The summed E-state index contributed by atoms with van der Waals surface area (Å²) in [6, 6.07) is 0.235. The number of alkyl halides is 7. The maximum absolute atomic E-state index is 14.6. The van der Waals surface area contributed by atoms with Gasteiger partial charge in [0, 0.05) is 43.3 Å². The summed E-state index contributed by atoms with van der Waals surface area (Å²) in [6.45, 7) is 0.425. The minimum Gasteiger partial charge on any atom is -0.351 e. The number of sulfonamides is 1. The van der Waals surface area contributed by atoms with Gasteiger partial charge in [0.2, 0.25) is 11.7 Å². The summed E-state index contributed by atoms with van der Waals surface area (Å²) in [4.78, 5) is 26.7. The van der Waals surface area contributed by atoms with Gasteiger partial charge in [0.15, 0.2) is 5.03 Å². The number of pyridine rings is 2. The molecular weight excluding hydrogens is 609 g/mol. The standard InChI is InChI=1S/C23H18ClF7N6O3S/c1-11-16(25)5-18(37(11)41(39,40)19-3-2-14(24)9-33-19)20(38)34-6-12-4-17(32-10-15(12)22(26,27)28)13-7-35-21(36-8-13)23(29,30)31/h2-4,7-11,16,18H,5-6H2,1H3,(H,34,38)/t11-,16+,18-/m0/s1. The molecule has 1 aliphatic rings. The molecule has 3 aromatic rings. The second-order valence-corrected chi connectivity index (χ2v) is 11.1. The third kappa shape index (κ3) is 6.41. The molecule has 0 aromatic carbocycles. The third-order valence-corrected chi connectivity index (χ3v) is 8.31. The van der Waals surface area contributed by atoms with Gasteiger partial charge in [-0.1, -0.05) is 11.6 Å². The molecule has 1 aliphatic heterocycles. The number of aromatic nitrogens is 4. The van der Waals surface area contributed by atoms with Crippen LogP contribution in [0.5, 0.6) is 0 Å². The quantitative estimate of drug-likeness (QED) is 0.402. The van der Waals surface area contributed by atoms with E-state index >= 15 is 0 Å². The van der Waals surface area contributed by atoms with E-state index in [0.29, 0.717) is 10.5 Å². The lowest BCUT2D eigenvalue weighted by Gasteiger charge is -2.26. The van der Waals surface area contributed by atoms with Crippen molar-refractivity contribution in [3.8, 4) is 11.3 Å². The second-order valence-electron chi connectivity index (χ2n) is 8.89. The highest BCUT2D eigenvalue weighted by atomic mass is 35.5. The van der Waals surface area contributed by atoms with Gasteiger partial charge in [-0.05, 0) is 30.7 Å². The topological polar surface area (TPSA) is 118 Å². The summed E-state index contributed by atoms with van der Waals surface area (Å²) in [6.07, 6.45) is -9.22. The van der Waals surface area contributed by atoms with Gasteiger partial charge >= 0.3 is 12.4 Å². The van der Waals surface area contributed by atoms with Gasteiger partial charge in [0.1, 0.15) is 12.2 Å². The lowest BCUT2D eigenvalue weighted by molar-refractivity contribution is -0.145. The number of carbonyl (C=O) groups excluding carboxylic acids is 1. The molecule has 1 N–H and O–H groups in total. The first kappa shape index (κ1) is 30.5. The van der Waals surface area contributed by atoms with E-state index in [1.807, 2.05) is 0 Å². The number of carbonyl (C=O) groups is 1. The fourth-order valence-corrected chi connectivity index (χ4v) is 5.99. The largest absolute Gasteiger partial charge is 0.451 e. The van der Waals surface area contributed by atoms with E-state index in [4.69, 9.17) is 11.6 Å². The van der Waals surface area contributed by atoms with Crippen LogP contribution in [0, 0.1) is 0 Å². The average molecular weight is 627 g/mol. The van der Waals surface area contributed by atoms with Gasteiger partial charge in [0.05, 0.1) is 22.3 Å². The van der Waals surface area contributed by atoms with Crippen LogP contribution in [0.1, 0.15) is 30.3 Å². The molecule has 0 spiro atoms. The number of halogens is 8. The molecule has 0 unspecified atom stereocenters. The van der Waals surface area contributed by atoms with Gasteiger partial charge in [0.25, 0.3) is 10.0 Å². The molecule has 4 heterocycles. The Hall–Kier alpha value is -3.44. The van der Waals surface area contributed by atoms with E-state index in [-0.39, 0.29) is 16.3 Å². The normalized spacial score (nSPS) is 20.3. The maximum atomic E-state index is 14.6. The Kier molecular flexibility index (Phi) is 8.26. The lowest BCUT2D eigenvalue weighted by Crippen LogP contribution is -2.48. The van der Waals surface area contributed by atoms with Crippen LogP contribution in [-0.2, 0) is 33.7 Å². The Morgan fingerprint density at radius 2 is 1.68 bits per heavy atom.